The zero-order chi connectivity index (χ0) is 22.5. The number of thiocarbonyl (C=S) groups is 1. The van der Waals surface area contributed by atoms with E-state index in [0.717, 1.165) is 18.6 Å². The summed E-state index contributed by atoms with van der Waals surface area (Å²) < 4.78 is 11.1. The first-order chi connectivity index (χ1) is 15.0. The van der Waals surface area contributed by atoms with E-state index in [1.807, 2.05) is 6.92 Å². The largest absolute Gasteiger partial charge is 0.494 e. The highest BCUT2D eigenvalue weighted by Crippen LogP contribution is 2.14. The van der Waals surface area contributed by atoms with Crippen molar-refractivity contribution in [3.8, 4) is 11.5 Å². The molecule has 0 spiro atoms. The molecule has 0 radical (unpaired) electrons. The van der Waals surface area contributed by atoms with Gasteiger partial charge in [0.15, 0.2) is 5.11 Å². The van der Waals surface area contributed by atoms with E-state index in [0.29, 0.717) is 30.1 Å². The van der Waals surface area contributed by atoms with Crippen LogP contribution in [0.4, 0.5) is 0 Å². The molecule has 0 saturated heterocycles. The van der Waals surface area contributed by atoms with E-state index in [-0.39, 0.29) is 11.0 Å². The number of ether oxygens (including phenoxy) is 2. The first kappa shape index (κ1) is 24.1. The lowest BCUT2D eigenvalue weighted by atomic mass is 10.2. The van der Waals surface area contributed by atoms with Gasteiger partial charge in [-0.25, -0.2) is 0 Å². The minimum Gasteiger partial charge on any atom is -0.494 e. The van der Waals surface area contributed by atoms with Gasteiger partial charge in [-0.3, -0.25) is 25.8 Å². The number of hydrazine groups is 1. The van der Waals surface area contributed by atoms with Crippen LogP contribution < -0.4 is 25.6 Å². The maximum Gasteiger partial charge on any atom is 0.269 e. The SMILES string of the molecule is CCCCCCOc1ccc(C(=O)NNC(=S)NC(=O)c2cccc(OCC)c2)cc1. The van der Waals surface area contributed by atoms with Crippen LogP contribution in [0, 0.1) is 0 Å². The minimum absolute atomic E-state index is 0.0211. The molecule has 0 heterocycles. The van der Waals surface area contributed by atoms with Crippen molar-refractivity contribution in [2.45, 2.75) is 39.5 Å². The maximum absolute atomic E-state index is 12.3. The normalized spacial score (nSPS) is 10.1. The summed E-state index contributed by atoms with van der Waals surface area (Å²) in [6.45, 7) is 5.20. The second-order valence-corrected chi connectivity index (χ2v) is 7.16. The Hall–Kier alpha value is -3.13. The van der Waals surface area contributed by atoms with Crippen molar-refractivity contribution in [2.75, 3.05) is 13.2 Å². The van der Waals surface area contributed by atoms with Gasteiger partial charge in [0.1, 0.15) is 11.5 Å². The van der Waals surface area contributed by atoms with Gasteiger partial charge in [0.25, 0.3) is 11.8 Å². The number of unbranched alkanes of at least 4 members (excludes halogenated alkanes) is 3. The molecule has 8 heteroatoms. The molecule has 166 valence electrons. The molecule has 2 rings (SSSR count). The molecule has 0 saturated carbocycles. The molecule has 7 nitrogen and oxygen atoms in total. The summed E-state index contributed by atoms with van der Waals surface area (Å²) in [5.74, 6) is 0.520. The Morgan fingerprint density at radius 3 is 2.32 bits per heavy atom. The number of carbonyl (C=O) groups excluding carboxylic acids is 2. The van der Waals surface area contributed by atoms with Crippen LogP contribution in [0.1, 0.15) is 60.2 Å². The summed E-state index contributed by atoms with van der Waals surface area (Å²) in [5, 5.41) is 2.49. The second-order valence-electron chi connectivity index (χ2n) is 6.76. The fraction of sp³-hybridized carbons (Fsp3) is 0.348. The molecule has 0 fully saturated rings. The second kappa shape index (κ2) is 13.2. The minimum atomic E-state index is -0.409. The molecule has 2 aromatic rings. The predicted molar refractivity (Wildman–Crippen MR) is 124 cm³/mol. The Balaban J connectivity index is 1.76. The van der Waals surface area contributed by atoms with E-state index in [2.05, 4.69) is 23.1 Å². The molecule has 2 amide bonds. The highest BCUT2D eigenvalue weighted by molar-refractivity contribution is 7.80. The Morgan fingerprint density at radius 1 is 0.839 bits per heavy atom. The van der Waals surface area contributed by atoms with Crippen LogP contribution in [0.25, 0.3) is 0 Å². The van der Waals surface area contributed by atoms with Crippen molar-refractivity contribution in [1.29, 1.82) is 0 Å². The van der Waals surface area contributed by atoms with Gasteiger partial charge in [0, 0.05) is 11.1 Å². The molecule has 0 aliphatic rings. The van der Waals surface area contributed by atoms with E-state index in [1.54, 1.807) is 48.5 Å². The number of hydrogen-bond donors (Lipinski definition) is 3. The van der Waals surface area contributed by atoms with Crippen LogP contribution in [-0.4, -0.2) is 30.1 Å². The van der Waals surface area contributed by atoms with Crippen molar-refractivity contribution in [2.24, 2.45) is 0 Å². The van der Waals surface area contributed by atoms with E-state index in [1.165, 1.54) is 12.8 Å². The standard InChI is InChI=1S/C23H29N3O4S/c1-3-5-6-7-15-30-19-13-11-17(12-14-19)22(28)25-26-23(31)24-21(27)18-9-8-10-20(16-18)29-4-2/h8-14,16H,3-7,15H2,1-2H3,(H,25,28)(H2,24,26,27,31). The third kappa shape index (κ3) is 8.64. The van der Waals surface area contributed by atoms with Crippen molar-refractivity contribution in [1.82, 2.24) is 16.2 Å². The van der Waals surface area contributed by atoms with Crippen LogP contribution >= 0.6 is 12.2 Å². The predicted octanol–water partition coefficient (Wildman–Crippen LogP) is 3.99. The van der Waals surface area contributed by atoms with Crippen LogP contribution in [0.5, 0.6) is 11.5 Å². The summed E-state index contributed by atoms with van der Waals surface area (Å²) in [4.78, 5) is 24.5. The van der Waals surface area contributed by atoms with Gasteiger partial charge in [0.05, 0.1) is 13.2 Å². The van der Waals surface area contributed by atoms with E-state index >= 15 is 0 Å². The summed E-state index contributed by atoms with van der Waals surface area (Å²) in [5.41, 5.74) is 5.82. The highest BCUT2D eigenvalue weighted by atomic mass is 32.1. The molecule has 0 unspecified atom stereocenters. The fourth-order valence-corrected chi connectivity index (χ4v) is 2.85. The van der Waals surface area contributed by atoms with E-state index in [9.17, 15) is 9.59 Å². The zero-order valence-corrected chi connectivity index (χ0v) is 18.7. The van der Waals surface area contributed by atoms with Crippen LogP contribution in [-0.2, 0) is 0 Å². The number of rotatable bonds is 10. The average molecular weight is 444 g/mol. The van der Waals surface area contributed by atoms with Gasteiger partial charge in [-0.1, -0.05) is 32.3 Å². The van der Waals surface area contributed by atoms with Gasteiger partial charge in [-0.15, -0.1) is 0 Å². The van der Waals surface area contributed by atoms with E-state index in [4.69, 9.17) is 21.7 Å². The van der Waals surface area contributed by atoms with Gasteiger partial charge in [-0.05, 0) is 68.0 Å². The summed E-state index contributed by atoms with van der Waals surface area (Å²) in [7, 11) is 0. The van der Waals surface area contributed by atoms with Crippen LogP contribution in [0.15, 0.2) is 48.5 Å². The van der Waals surface area contributed by atoms with Crippen LogP contribution in [0.2, 0.25) is 0 Å². The van der Waals surface area contributed by atoms with Gasteiger partial charge >= 0.3 is 0 Å². The van der Waals surface area contributed by atoms with Crippen molar-refractivity contribution >= 4 is 29.1 Å². The lowest BCUT2D eigenvalue weighted by molar-refractivity contribution is 0.0934. The van der Waals surface area contributed by atoms with Crippen LogP contribution in [0.3, 0.4) is 0 Å². The average Bonchev–Trinajstić information content (AvgIpc) is 2.78. The smallest absolute Gasteiger partial charge is 0.269 e. The fourth-order valence-electron chi connectivity index (χ4n) is 2.71. The number of carbonyl (C=O) groups is 2. The highest BCUT2D eigenvalue weighted by Gasteiger charge is 2.10. The molecule has 0 aliphatic heterocycles. The van der Waals surface area contributed by atoms with Gasteiger partial charge in [-0.2, -0.15) is 0 Å². The topological polar surface area (TPSA) is 88.7 Å². The third-order valence-electron chi connectivity index (χ3n) is 4.31. The Labute approximate surface area is 188 Å². The molecule has 0 aliphatic carbocycles. The zero-order valence-electron chi connectivity index (χ0n) is 17.9. The first-order valence-corrected chi connectivity index (χ1v) is 10.8. The lowest BCUT2D eigenvalue weighted by Crippen LogP contribution is -2.48. The number of amides is 2. The van der Waals surface area contributed by atoms with Crippen molar-refractivity contribution < 1.29 is 19.1 Å². The Bertz CT molecular complexity index is 871. The molecule has 0 aromatic heterocycles. The molecule has 3 N–H and O–H groups in total. The monoisotopic (exact) mass is 443 g/mol. The molecule has 0 bridgehead atoms. The number of nitrogens with one attached hydrogen (secondary N) is 3. The first-order valence-electron chi connectivity index (χ1n) is 10.4. The van der Waals surface area contributed by atoms with E-state index < -0.39 is 5.91 Å². The maximum atomic E-state index is 12.3. The van der Waals surface area contributed by atoms with Crippen molar-refractivity contribution in [3.63, 3.8) is 0 Å². The van der Waals surface area contributed by atoms with Gasteiger partial charge < -0.3 is 9.47 Å². The molecule has 0 atom stereocenters. The molecular formula is C23H29N3O4S. The van der Waals surface area contributed by atoms with Crippen molar-refractivity contribution in [3.05, 3.63) is 59.7 Å². The summed E-state index contributed by atoms with van der Waals surface area (Å²) in [6, 6.07) is 13.6. The third-order valence-corrected chi connectivity index (χ3v) is 4.51. The van der Waals surface area contributed by atoms with Gasteiger partial charge in [0.2, 0.25) is 0 Å². The number of benzene rings is 2. The molecule has 31 heavy (non-hydrogen) atoms. The molecule has 2 aromatic carbocycles. The Morgan fingerprint density at radius 2 is 1.61 bits per heavy atom. The summed E-state index contributed by atoms with van der Waals surface area (Å²) >= 11 is 5.07. The molecular weight excluding hydrogens is 414 g/mol. The Kier molecular flexibility index (Phi) is 10.3. The quantitative estimate of drug-likeness (QED) is 0.292. The summed E-state index contributed by atoms with van der Waals surface area (Å²) in [6.07, 6.45) is 4.56. The number of hydrogen-bond acceptors (Lipinski definition) is 5. The lowest BCUT2D eigenvalue weighted by Gasteiger charge is -2.12.